The zero-order valence-corrected chi connectivity index (χ0v) is 15.2. The van der Waals surface area contributed by atoms with Crippen LogP contribution in [-0.4, -0.2) is 74.0 Å². The van der Waals surface area contributed by atoms with Gasteiger partial charge < -0.3 is 49.5 Å². The third kappa shape index (κ3) is 16.2. The van der Waals surface area contributed by atoms with Gasteiger partial charge in [0.15, 0.2) is 11.9 Å². The SMILES string of the molecule is O=C(O)O[O-].O=C1OC([C@@H](O)CO)C(O)=C1O.O=S(=O)([O-])[O-].[Cu+2].[Na+]. The molecule has 0 aliphatic carbocycles. The van der Waals surface area contributed by atoms with Gasteiger partial charge in [-0.3, -0.25) is 8.42 Å². The molecule has 1 heterocycles. The Bertz CT molecular complexity index is 509. The Labute approximate surface area is 166 Å². The van der Waals surface area contributed by atoms with Crippen LogP contribution in [0.4, 0.5) is 4.79 Å². The molecular weight excluding hydrogens is 427 g/mol. The molecule has 1 rings (SSSR count). The quantitative estimate of drug-likeness (QED) is 0.0674. The van der Waals surface area contributed by atoms with E-state index >= 15 is 0 Å². The van der Waals surface area contributed by atoms with E-state index in [1.807, 2.05) is 0 Å². The van der Waals surface area contributed by atoms with Gasteiger partial charge in [-0.25, -0.2) is 9.59 Å². The summed E-state index contributed by atoms with van der Waals surface area (Å²) in [4.78, 5) is 21.8. The zero-order valence-electron chi connectivity index (χ0n) is 11.5. The van der Waals surface area contributed by atoms with Gasteiger partial charge >= 0.3 is 58.8 Å². The molecule has 1 unspecified atom stereocenters. The summed E-state index contributed by atoms with van der Waals surface area (Å²) in [6.45, 7) is -0.671. The van der Waals surface area contributed by atoms with Crippen LogP contribution in [0.5, 0.6) is 0 Å². The first kappa shape index (κ1) is 31.2. The molecule has 0 aromatic heterocycles. The Hall–Kier alpha value is -0.651. The van der Waals surface area contributed by atoms with Crippen molar-refractivity contribution >= 4 is 22.5 Å². The van der Waals surface area contributed by atoms with Crippen LogP contribution in [0.3, 0.4) is 0 Å². The second-order valence-corrected chi connectivity index (χ2v) is 3.88. The summed E-state index contributed by atoms with van der Waals surface area (Å²) in [6.07, 6.45) is -4.58. The van der Waals surface area contributed by atoms with Crippen molar-refractivity contribution in [3.8, 4) is 0 Å². The number of carbonyl (C=O) groups is 2. The summed E-state index contributed by atoms with van der Waals surface area (Å²) in [5.41, 5.74) is 0. The number of ether oxygens (including phenoxy) is 1. The zero-order chi connectivity index (χ0) is 18.1. The minimum atomic E-state index is -5.17. The van der Waals surface area contributed by atoms with E-state index in [1.165, 1.54) is 0 Å². The average molecular weight is 436 g/mol. The van der Waals surface area contributed by atoms with Crippen molar-refractivity contribution in [2.75, 3.05) is 6.61 Å². The molecule has 139 valence electrons. The first-order valence-electron chi connectivity index (χ1n) is 4.66. The molecule has 17 heteroatoms. The first-order chi connectivity index (χ1) is 9.84. The number of aliphatic hydroxyl groups excluding tert-OH is 4. The number of aliphatic hydroxyl groups is 4. The minimum Gasteiger partial charge on any atom is -0.759 e. The van der Waals surface area contributed by atoms with Gasteiger partial charge in [-0.1, -0.05) is 0 Å². The standard InChI is InChI=1S/C6H8O6.CH2O4.Cu.Na.H2O4S/c7-1-2(8)5-3(9)4(10)6(11)12-5;2-1(3)5-4;;;1-5(2,3)4/h2,5,7-10H,1H2;4H,(H,2,3);;;(H2,1,2,3,4)/q;;+2;+1;/p-3/t2-,5?;;;;/m0..../s1. The van der Waals surface area contributed by atoms with Crippen molar-refractivity contribution in [1.82, 2.24) is 0 Å². The van der Waals surface area contributed by atoms with Gasteiger partial charge in [-0.2, -0.15) is 0 Å². The molecule has 1 aliphatic rings. The number of hydrogen-bond acceptors (Lipinski definition) is 13. The summed E-state index contributed by atoms with van der Waals surface area (Å²) in [6, 6.07) is 0. The van der Waals surface area contributed by atoms with Gasteiger partial charge in [-0.15, -0.1) is 0 Å². The monoisotopic (exact) mass is 435 g/mol. The predicted molar refractivity (Wildman–Crippen MR) is 54.8 cm³/mol. The number of rotatable bonds is 2. The van der Waals surface area contributed by atoms with Gasteiger partial charge in [0.1, 0.15) is 6.10 Å². The van der Waals surface area contributed by atoms with Crippen molar-refractivity contribution in [1.29, 1.82) is 0 Å². The van der Waals surface area contributed by atoms with Crippen molar-refractivity contribution in [3.63, 3.8) is 0 Å². The van der Waals surface area contributed by atoms with Crippen LogP contribution in [0.25, 0.3) is 0 Å². The number of carboxylic acid groups (broad SMARTS) is 1. The van der Waals surface area contributed by atoms with E-state index in [1.54, 1.807) is 0 Å². The third-order valence-corrected chi connectivity index (χ3v) is 1.55. The maximum atomic E-state index is 10.5. The number of cyclic esters (lactones) is 1. The molecule has 0 fully saturated rings. The van der Waals surface area contributed by atoms with Gasteiger partial charge in [0.2, 0.25) is 5.76 Å². The Morgan fingerprint density at radius 2 is 1.67 bits per heavy atom. The van der Waals surface area contributed by atoms with Crippen LogP contribution in [-0.2, 0) is 41.9 Å². The molecule has 0 aromatic rings. The molecule has 0 saturated heterocycles. The van der Waals surface area contributed by atoms with Crippen LogP contribution in [0.1, 0.15) is 0 Å². The Kier molecular flexibility index (Phi) is 19.0. The van der Waals surface area contributed by atoms with E-state index < -0.39 is 52.9 Å². The van der Waals surface area contributed by atoms with Gasteiger partial charge in [0.05, 0.1) is 6.61 Å². The predicted octanol–water partition coefficient (Wildman–Crippen LogP) is -6.79. The van der Waals surface area contributed by atoms with Crippen molar-refractivity contribution < 1.29 is 114 Å². The maximum Gasteiger partial charge on any atom is 2.00 e. The molecule has 2 atom stereocenters. The normalized spacial score (nSPS) is 16.7. The Morgan fingerprint density at radius 3 is 1.83 bits per heavy atom. The van der Waals surface area contributed by atoms with E-state index in [2.05, 4.69) is 9.62 Å². The van der Waals surface area contributed by atoms with E-state index in [0.29, 0.717) is 0 Å². The van der Waals surface area contributed by atoms with Crippen LogP contribution >= 0.6 is 0 Å². The fraction of sp³-hybridized carbons (Fsp3) is 0.429. The Balaban J connectivity index is -0.000000142. The number of carbonyl (C=O) groups excluding carboxylic acids is 1. The van der Waals surface area contributed by atoms with Crippen LogP contribution < -0.4 is 34.8 Å². The second-order valence-electron chi connectivity index (χ2n) is 3.07. The summed E-state index contributed by atoms with van der Waals surface area (Å²) >= 11 is 0. The summed E-state index contributed by atoms with van der Waals surface area (Å²) in [5.74, 6) is -2.78. The second kappa shape index (κ2) is 14.7. The molecule has 1 radical (unpaired) electrons. The van der Waals surface area contributed by atoms with E-state index in [-0.39, 0.29) is 46.6 Å². The van der Waals surface area contributed by atoms with Crippen molar-refractivity contribution in [3.05, 3.63) is 11.5 Å². The fourth-order valence-corrected chi connectivity index (χ4v) is 0.823. The van der Waals surface area contributed by atoms with Crippen molar-refractivity contribution in [2.45, 2.75) is 12.2 Å². The molecule has 5 N–H and O–H groups in total. The molecule has 0 bridgehead atoms. The summed E-state index contributed by atoms with van der Waals surface area (Å²) in [7, 11) is -5.17. The molecule has 1 aliphatic heterocycles. The van der Waals surface area contributed by atoms with Gasteiger partial charge in [-0.05, 0) is 0 Å². The van der Waals surface area contributed by atoms with Crippen molar-refractivity contribution in [2.24, 2.45) is 0 Å². The number of esters is 1. The molecule has 0 saturated carbocycles. The van der Waals surface area contributed by atoms with Crippen LogP contribution in [0, 0.1) is 0 Å². The van der Waals surface area contributed by atoms with Gasteiger partial charge in [0.25, 0.3) is 0 Å². The van der Waals surface area contributed by atoms with Gasteiger partial charge in [0, 0.05) is 10.4 Å². The first-order valence-corrected chi connectivity index (χ1v) is 5.99. The Morgan fingerprint density at radius 1 is 1.33 bits per heavy atom. The smallest absolute Gasteiger partial charge is 0.759 e. The molecule has 0 amide bonds. The van der Waals surface area contributed by atoms with E-state index in [9.17, 15) is 4.79 Å². The molecule has 14 nitrogen and oxygen atoms in total. The average Bonchev–Trinajstić information content (AvgIpc) is 2.64. The number of hydrogen-bond donors (Lipinski definition) is 5. The molecule has 0 aromatic carbocycles. The largest absolute Gasteiger partial charge is 2.00 e. The third-order valence-electron chi connectivity index (χ3n) is 1.55. The maximum absolute atomic E-state index is 10.5. The molecular formula is C7H9CuNaO14S. The summed E-state index contributed by atoms with van der Waals surface area (Å²) < 4.78 is 38.4. The minimum absolute atomic E-state index is 0. The van der Waals surface area contributed by atoms with E-state index in [4.69, 9.17) is 53.1 Å². The molecule has 24 heavy (non-hydrogen) atoms. The van der Waals surface area contributed by atoms with Crippen LogP contribution in [0.15, 0.2) is 11.5 Å². The fourth-order valence-electron chi connectivity index (χ4n) is 0.823. The van der Waals surface area contributed by atoms with Crippen LogP contribution in [0.2, 0.25) is 0 Å². The topological polar surface area (TPSA) is 257 Å². The van der Waals surface area contributed by atoms with E-state index in [0.717, 1.165) is 0 Å². The summed E-state index contributed by atoms with van der Waals surface area (Å²) in [5, 5.41) is 50.8. The molecule has 0 spiro atoms.